The predicted octanol–water partition coefficient (Wildman–Crippen LogP) is 2.16. The average Bonchev–Trinajstić information content (AvgIpc) is 3.34. The molecule has 15 nitrogen and oxygen atoms in total. The Bertz CT molecular complexity index is 1080. The molecule has 12 atom stereocenters. The number of hydrogen-bond acceptors (Lipinski definition) is 15. The smallest absolute Gasteiger partial charge is 0.309 e. The first-order valence-electron chi connectivity index (χ1n) is 17.9. The Hall–Kier alpha value is -2.40. The van der Waals surface area contributed by atoms with Gasteiger partial charge in [0.05, 0.1) is 24.4 Å². The lowest BCUT2D eigenvalue weighted by Gasteiger charge is -2.46. The van der Waals surface area contributed by atoms with Crippen LogP contribution in [-0.2, 0) is 52.3 Å². The summed E-state index contributed by atoms with van der Waals surface area (Å²) in [4.78, 5) is 52.8. The molecule has 0 bridgehead atoms. The van der Waals surface area contributed by atoms with Gasteiger partial charge >= 0.3 is 23.9 Å². The SMILES string of the molecule is CCC(C)C(=O)OC[C@H]1O[C@H](O[C@]2(CO)O[C@H](CO)[C@@H](O)[C@@H]2O)[C@H](OC(=O)C(C)CC)[C@@H](OC(=O)CCCCC(C)C)[C@@H]1OC(=O)C(C)CC. The Morgan fingerprint density at radius 2 is 1.30 bits per heavy atom. The largest absolute Gasteiger partial charge is 0.463 e. The second-order valence-corrected chi connectivity index (χ2v) is 13.9. The summed E-state index contributed by atoms with van der Waals surface area (Å²) in [5.74, 6) is -6.46. The minimum atomic E-state index is -2.41. The van der Waals surface area contributed by atoms with Gasteiger partial charge in [0.1, 0.15) is 37.6 Å². The van der Waals surface area contributed by atoms with Crippen molar-refractivity contribution in [3.05, 3.63) is 0 Å². The molecule has 2 rings (SSSR count). The van der Waals surface area contributed by atoms with Crippen molar-refractivity contribution in [1.29, 1.82) is 0 Å². The molecular weight excluding hydrogens is 660 g/mol. The molecule has 0 radical (unpaired) electrons. The Kier molecular flexibility index (Phi) is 18.0. The molecule has 0 saturated carbocycles. The first kappa shape index (κ1) is 43.8. The van der Waals surface area contributed by atoms with Gasteiger partial charge in [-0.3, -0.25) is 19.2 Å². The van der Waals surface area contributed by atoms with Crippen LogP contribution in [-0.4, -0.2) is 119 Å². The van der Waals surface area contributed by atoms with Crippen LogP contribution in [0.1, 0.15) is 100 Å². The lowest BCUT2D eigenvalue weighted by molar-refractivity contribution is -0.384. The average molecular weight is 721 g/mol. The fourth-order valence-electron chi connectivity index (χ4n) is 5.32. The Balaban J connectivity index is 2.68. The summed E-state index contributed by atoms with van der Waals surface area (Å²) in [6, 6.07) is 0. The Morgan fingerprint density at radius 3 is 1.80 bits per heavy atom. The van der Waals surface area contributed by atoms with Gasteiger partial charge in [0, 0.05) is 6.42 Å². The van der Waals surface area contributed by atoms with Crippen LogP contribution in [0.5, 0.6) is 0 Å². The Morgan fingerprint density at radius 1 is 0.740 bits per heavy atom. The van der Waals surface area contributed by atoms with E-state index in [9.17, 15) is 39.6 Å². The van der Waals surface area contributed by atoms with Gasteiger partial charge in [-0.05, 0) is 31.6 Å². The number of hydrogen-bond donors (Lipinski definition) is 4. The third kappa shape index (κ3) is 11.6. The van der Waals surface area contributed by atoms with E-state index in [4.69, 9.17) is 33.2 Å². The molecule has 2 aliphatic rings. The molecule has 0 spiro atoms. The van der Waals surface area contributed by atoms with Crippen LogP contribution in [0, 0.1) is 23.7 Å². The molecule has 50 heavy (non-hydrogen) atoms. The highest BCUT2D eigenvalue weighted by molar-refractivity contribution is 5.74. The second-order valence-electron chi connectivity index (χ2n) is 13.9. The van der Waals surface area contributed by atoms with E-state index in [1.165, 1.54) is 0 Å². The van der Waals surface area contributed by atoms with Crippen molar-refractivity contribution in [3.8, 4) is 0 Å². The monoisotopic (exact) mass is 720 g/mol. The lowest BCUT2D eigenvalue weighted by atomic mass is 9.96. The number of rotatable bonds is 20. The van der Waals surface area contributed by atoms with Crippen molar-refractivity contribution >= 4 is 23.9 Å². The first-order valence-corrected chi connectivity index (χ1v) is 17.9. The van der Waals surface area contributed by atoms with E-state index in [1.54, 1.807) is 41.5 Å². The van der Waals surface area contributed by atoms with Crippen LogP contribution in [0.15, 0.2) is 0 Å². The summed E-state index contributed by atoms with van der Waals surface area (Å²) in [5.41, 5.74) is 0. The highest BCUT2D eigenvalue weighted by atomic mass is 16.8. The third-order valence-corrected chi connectivity index (χ3v) is 9.43. The number of unbranched alkanes of at least 4 members (excludes halogenated alkanes) is 1. The van der Waals surface area contributed by atoms with Gasteiger partial charge in [-0.15, -0.1) is 0 Å². The maximum Gasteiger partial charge on any atom is 0.309 e. The summed E-state index contributed by atoms with van der Waals surface area (Å²) in [6.45, 7) is 12.0. The van der Waals surface area contributed by atoms with Crippen molar-refractivity contribution in [3.63, 3.8) is 0 Å². The van der Waals surface area contributed by atoms with Crippen molar-refractivity contribution in [2.75, 3.05) is 19.8 Å². The Labute approximate surface area is 295 Å². The summed E-state index contributed by atoms with van der Waals surface area (Å²) < 4.78 is 41.1. The molecular formula is C35H60O15. The number of ether oxygens (including phenoxy) is 7. The lowest BCUT2D eigenvalue weighted by Crippen LogP contribution is -2.65. The molecule has 2 heterocycles. The molecule has 0 amide bonds. The van der Waals surface area contributed by atoms with Gasteiger partial charge in [-0.1, -0.05) is 68.2 Å². The van der Waals surface area contributed by atoms with Crippen LogP contribution < -0.4 is 0 Å². The standard InChI is InChI=1S/C35H60O15/c1-9-20(6)31(41)44-17-24-27(47-32(42)21(7)10-2)28(46-25(38)15-13-12-14-19(4)5)29(48-33(43)22(8)11-3)34(45-24)50-35(18-37)30(40)26(39)23(16-36)49-35/h19-24,26-30,34,36-37,39-40H,9-18H2,1-8H3/t20?,21?,22?,23-,24-,26-,27-,28+,29-,30+,34-,35+/m1/s1. The number of aliphatic hydroxyl groups is 4. The zero-order chi connectivity index (χ0) is 37.8. The highest BCUT2D eigenvalue weighted by Gasteiger charge is 2.61. The van der Waals surface area contributed by atoms with Crippen LogP contribution in [0.3, 0.4) is 0 Å². The van der Waals surface area contributed by atoms with Gasteiger partial charge in [0.25, 0.3) is 0 Å². The molecule has 290 valence electrons. The zero-order valence-corrected chi connectivity index (χ0v) is 30.8. The molecule has 4 N–H and O–H groups in total. The van der Waals surface area contributed by atoms with Gasteiger partial charge in [-0.25, -0.2) is 0 Å². The molecule has 0 aromatic heterocycles. The highest BCUT2D eigenvalue weighted by Crippen LogP contribution is 2.38. The van der Waals surface area contributed by atoms with Crippen LogP contribution in [0.2, 0.25) is 0 Å². The molecule has 3 unspecified atom stereocenters. The third-order valence-electron chi connectivity index (χ3n) is 9.43. The van der Waals surface area contributed by atoms with Crippen molar-refractivity contribution in [2.24, 2.45) is 23.7 Å². The van der Waals surface area contributed by atoms with Gasteiger partial charge < -0.3 is 53.6 Å². The van der Waals surface area contributed by atoms with Crippen molar-refractivity contribution in [1.82, 2.24) is 0 Å². The van der Waals surface area contributed by atoms with Crippen molar-refractivity contribution in [2.45, 2.75) is 155 Å². The molecule has 2 saturated heterocycles. The number of carbonyl (C=O) groups excluding carboxylic acids is 4. The van der Waals surface area contributed by atoms with Crippen LogP contribution in [0.4, 0.5) is 0 Å². The minimum Gasteiger partial charge on any atom is -0.463 e. The normalized spacial score (nSPS) is 31.5. The van der Waals surface area contributed by atoms with E-state index in [0.29, 0.717) is 31.6 Å². The van der Waals surface area contributed by atoms with E-state index in [1.807, 2.05) is 0 Å². The van der Waals surface area contributed by atoms with Gasteiger partial charge in [-0.2, -0.15) is 0 Å². The topological polar surface area (TPSA) is 214 Å². The van der Waals surface area contributed by atoms with E-state index in [-0.39, 0.29) is 6.42 Å². The van der Waals surface area contributed by atoms with E-state index in [2.05, 4.69) is 13.8 Å². The molecule has 0 aliphatic carbocycles. The van der Waals surface area contributed by atoms with Gasteiger partial charge in [0.15, 0.2) is 18.3 Å². The quantitative estimate of drug-likeness (QED) is 0.0806. The van der Waals surface area contributed by atoms with Crippen LogP contribution >= 0.6 is 0 Å². The summed E-state index contributed by atoms with van der Waals surface area (Å²) in [7, 11) is 0. The second kappa shape index (κ2) is 20.6. The molecule has 0 aromatic carbocycles. The van der Waals surface area contributed by atoms with E-state index >= 15 is 0 Å². The minimum absolute atomic E-state index is 0.0197. The van der Waals surface area contributed by atoms with E-state index in [0.717, 1.165) is 12.8 Å². The number of esters is 4. The first-order chi connectivity index (χ1) is 23.6. The molecule has 2 fully saturated rings. The van der Waals surface area contributed by atoms with E-state index < -0.39 is 116 Å². The number of aliphatic hydroxyl groups excluding tert-OH is 4. The summed E-state index contributed by atoms with van der Waals surface area (Å²) >= 11 is 0. The maximum atomic E-state index is 13.4. The number of carbonyl (C=O) groups is 4. The fourth-order valence-corrected chi connectivity index (χ4v) is 5.32. The summed E-state index contributed by atoms with van der Waals surface area (Å²) in [6.07, 6.45) is -9.65. The van der Waals surface area contributed by atoms with Crippen LogP contribution in [0.25, 0.3) is 0 Å². The molecule has 2 aliphatic heterocycles. The van der Waals surface area contributed by atoms with Gasteiger partial charge in [0.2, 0.25) is 12.1 Å². The molecule has 0 aromatic rings. The fraction of sp³-hybridized carbons (Fsp3) is 0.886. The molecule has 15 heteroatoms. The summed E-state index contributed by atoms with van der Waals surface area (Å²) in [5, 5.41) is 41.6. The predicted molar refractivity (Wildman–Crippen MR) is 176 cm³/mol. The maximum absolute atomic E-state index is 13.4. The zero-order valence-electron chi connectivity index (χ0n) is 30.8. The van der Waals surface area contributed by atoms with Crippen molar-refractivity contribution < 1.29 is 72.8 Å².